The third kappa shape index (κ3) is 2.06. The Kier molecular flexibility index (Phi) is 2.31. The Hall–Kier alpha value is -1.64. The van der Waals surface area contributed by atoms with Crippen molar-refractivity contribution in [2.24, 2.45) is 0 Å². The zero-order valence-electron chi connectivity index (χ0n) is 9.28. The van der Waals surface area contributed by atoms with E-state index in [-0.39, 0.29) is 5.41 Å². The van der Waals surface area contributed by atoms with Crippen LogP contribution < -0.4 is 0 Å². The van der Waals surface area contributed by atoms with E-state index in [0.717, 1.165) is 11.4 Å². The second kappa shape index (κ2) is 3.50. The van der Waals surface area contributed by atoms with E-state index in [1.54, 1.807) is 6.20 Å². The molecule has 78 valence electrons. The second-order valence-electron chi connectivity index (χ2n) is 4.65. The summed E-state index contributed by atoms with van der Waals surface area (Å²) in [6.07, 6.45) is 3.58. The van der Waals surface area contributed by atoms with Gasteiger partial charge in [-0.2, -0.15) is 5.10 Å². The molecule has 2 heterocycles. The molecule has 0 bridgehead atoms. The summed E-state index contributed by atoms with van der Waals surface area (Å²) in [7, 11) is 0. The van der Waals surface area contributed by atoms with E-state index in [1.807, 2.05) is 12.3 Å². The zero-order valence-corrected chi connectivity index (χ0v) is 9.28. The number of hydrogen-bond donors (Lipinski definition) is 1. The number of nitrogens with zero attached hydrogens (tertiary/aromatic N) is 2. The van der Waals surface area contributed by atoms with Crippen molar-refractivity contribution in [2.75, 3.05) is 0 Å². The fourth-order valence-electron chi connectivity index (χ4n) is 1.44. The van der Waals surface area contributed by atoms with E-state index in [2.05, 4.69) is 48.1 Å². The third-order valence-electron chi connectivity index (χ3n) is 2.40. The second-order valence-corrected chi connectivity index (χ2v) is 4.65. The first kappa shape index (κ1) is 9.90. The molecule has 0 atom stereocenters. The zero-order chi connectivity index (χ0) is 10.9. The minimum atomic E-state index is 0.151. The Bertz CT molecular complexity index is 438. The van der Waals surface area contributed by atoms with Crippen LogP contribution in [0.2, 0.25) is 0 Å². The number of H-pyrrole nitrogens is 1. The standard InChI is InChI=1S/C12H15N3/c1-12(2,3)9-4-6-13-11(8-9)10-5-7-14-15-10/h4-8H,1-3H3,(H,14,15). The molecule has 0 spiro atoms. The average Bonchev–Trinajstić information content (AvgIpc) is 2.69. The van der Waals surface area contributed by atoms with Crippen LogP contribution in [0.25, 0.3) is 11.4 Å². The van der Waals surface area contributed by atoms with Gasteiger partial charge in [0.05, 0.1) is 11.4 Å². The number of aromatic nitrogens is 3. The molecular formula is C12H15N3. The lowest BCUT2D eigenvalue weighted by Gasteiger charge is -2.19. The van der Waals surface area contributed by atoms with Crippen LogP contribution in [0.3, 0.4) is 0 Å². The van der Waals surface area contributed by atoms with Gasteiger partial charge in [-0.15, -0.1) is 0 Å². The quantitative estimate of drug-likeness (QED) is 0.770. The largest absolute Gasteiger partial charge is 0.276 e. The van der Waals surface area contributed by atoms with Gasteiger partial charge in [-0.3, -0.25) is 10.1 Å². The highest BCUT2D eigenvalue weighted by Crippen LogP contribution is 2.24. The predicted molar refractivity (Wildman–Crippen MR) is 60.5 cm³/mol. The van der Waals surface area contributed by atoms with Gasteiger partial charge in [0.25, 0.3) is 0 Å². The molecule has 0 saturated carbocycles. The first-order valence-electron chi connectivity index (χ1n) is 5.03. The predicted octanol–water partition coefficient (Wildman–Crippen LogP) is 2.77. The van der Waals surface area contributed by atoms with Gasteiger partial charge in [-0.05, 0) is 29.2 Å². The van der Waals surface area contributed by atoms with E-state index in [9.17, 15) is 0 Å². The van der Waals surface area contributed by atoms with E-state index in [1.165, 1.54) is 5.56 Å². The normalized spacial score (nSPS) is 11.7. The van der Waals surface area contributed by atoms with Gasteiger partial charge in [0.15, 0.2) is 0 Å². The van der Waals surface area contributed by atoms with Crippen LogP contribution in [0.5, 0.6) is 0 Å². The highest BCUT2D eigenvalue weighted by Gasteiger charge is 2.14. The van der Waals surface area contributed by atoms with Crippen LogP contribution in [0.15, 0.2) is 30.6 Å². The molecule has 1 N–H and O–H groups in total. The number of rotatable bonds is 1. The lowest BCUT2D eigenvalue weighted by atomic mass is 9.87. The van der Waals surface area contributed by atoms with Crippen LogP contribution in [0.4, 0.5) is 0 Å². The highest BCUT2D eigenvalue weighted by molar-refractivity contribution is 5.54. The van der Waals surface area contributed by atoms with Crippen molar-refractivity contribution in [1.29, 1.82) is 0 Å². The van der Waals surface area contributed by atoms with Crippen molar-refractivity contribution >= 4 is 0 Å². The maximum atomic E-state index is 4.32. The number of aromatic amines is 1. The summed E-state index contributed by atoms with van der Waals surface area (Å²) in [5, 5.41) is 6.84. The summed E-state index contributed by atoms with van der Waals surface area (Å²) < 4.78 is 0. The van der Waals surface area contributed by atoms with Crippen LogP contribution in [-0.4, -0.2) is 15.2 Å². The van der Waals surface area contributed by atoms with E-state index in [0.29, 0.717) is 0 Å². The van der Waals surface area contributed by atoms with Crippen molar-refractivity contribution in [2.45, 2.75) is 26.2 Å². The average molecular weight is 201 g/mol. The highest BCUT2D eigenvalue weighted by atomic mass is 15.1. The summed E-state index contributed by atoms with van der Waals surface area (Å²) >= 11 is 0. The van der Waals surface area contributed by atoms with Gasteiger partial charge in [0.2, 0.25) is 0 Å². The minimum absolute atomic E-state index is 0.151. The lowest BCUT2D eigenvalue weighted by molar-refractivity contribution is 0.589. The molecule has 0 radical (unpaired) electrons. The molecule has 15 heavy (non-hydrogen) atoms. The summed E-state index contributed by atoms with van der Waals surface area (Å²) in [6, 6.07) is 6.09. The summed E-state index contributed by atoms with van der Waals surface area (Å²) in [5.41, 5.74) is 3.33. The van der Waals surface area contributed by atoms with Crippen LogP contribution in [0, 0.1) is 0 Å². The van der Waals surface area contributed by atoms with Gasteiger partial charge < -0.3 is 0 Å². The van der Waals surface area contributed by atoms with Gasteiger partial charge in [-0.1, -0.05) is 20.8 Å². The van der Waals surface area contributed by atoms with Crippen LogP contribution >= 0.6 is 0 Å². The first-order chi connectivity index (χ1) is 7.07. The molecule has 0 amide bonds. The molecule has 0 fully saturated rings. The summed E-state index contributed by atoms with van der Waals surface area (Å²) in [6.45, 7) is 6.58. The molecule has 2 aromatic heterocycles. The van der Waals surface area contributed by atoms with E-state index >= 15 is 0 Å². The Morgan fingerprint density at radius 3 is 2.53 bits per heavy atom. The first-order valence-corrected chi connectivity index (χ1v) is 5.03. The number of pyridine rings is 1. The maximum Gasteiger partial charge on any atom is 0.0883 e. The molecule has 0 aromatic carbocycles. The van der Waals surface area contributed by atoms with Gasteiger partial charge in [0, 0.05) is 12.4 Å². The molecule has 0 aliphatic heterocycles. The molecule has 0 aliphatic carbocycles. The van der Waals surface area contributed by atoms with Crippen molar-refractivity contribution in [3.8, 4) is 11.4 Å². The Morgan fingerprint density at radius 1 is 1.13 bits per heavy atom. The molecule has 3 nitrogen and oxygen atoms in total. The Labute approximate surface area is 89.6 Å². The monoisotopic (exact) mass is 201 g/mol. The van der Waals surface area contributed by atoms with Gasteiger partial charge >= 0.3 is 0 Å². The van der Waals surface area contributed by atoms with Crippen molar-refractivity contribution in [3.63, 3.8) is 0 Å². The molecule has 0 aliphatic rings. The summed E-state index contributed by atoms with van der Waals surface area (Å²) in [4.78, 5) is 4.32. The molecular weight excluding hydrogens is 186 g/mol. The third-order valence-corrected chi connectivity index (χ3v) is 2.40. The minimum Gasteiger partial charge on any atom is -0.276 e. The molecule has 2 aromatic rings. The lowest BCUT2D eigenvalue weighted by Crippen LogP contribution is -2.11. The van der Waals surface area contributed by atoms with E-state index in [4.69, 9.17) is 0 Å². The molecule has 0 saturated heterocycles. The van der Waals surface area contributed by atoms with Crippen molar-refractivity contribution < 1.29 is 0 Å². The fraction of sp³-hybridized carbons (Fsp3) is 0.333. The van der Waals surface area contributed by atoms with Crippen LogP contribution in [-0.2, 0) is 5.41 Å². The smallest absolute Gasteiger partial charge is 0.0883 e. The number of nitrogens with one attached hydrogen (secondary N) is 1. The molecule has 2 rings (SSSR count). The van der Waals surface area contributed by atoms with Gasteiger partial charge in [0.1, 0.15) is 0 Å². The SMILES string of the molecule is CC(C)(C)c1ccnc(-c2ccn[nH]2)c1. The maximum absolute atomic E-state index is 4.32. The summed E-state index contributed by atoms with van der Waals surface area (Å²) in [5.74, 6) is 0. The fourth-order valence-corrected chi connectivity index (χ4v) is 1.44. The van der Waals surface area contributed by atoms with Gasteiger partial charge in [-0.25, -0.2) is 0 Å². The van der Waals surface area contributed by atoms with Crippen molar-refractivity contribution in [3.05, 3.63) is 36.2 Å². The Balaban J connectivity index is 2.44. The molecule has 0 unspecified atom stereocenters. The topological polar surface area (TPSA) is 41.6 Å². The van der Waals surface area contributed by atoms with Crippen LogP contribution in [0.1, 0.15) is 26.3 Å². The van der Waals surface area contributed by atoms with Crippen molar-refractivity contribution in [1.82, 2.24) is 15.2 Å². The number of hydrogen-bond acceptors (Lipinski definition) is 2. The molecule has 3 heteroatoms. The van der Waals surface area contributed by atoms with E-state index < -0.39 is 0 Å². The Morgan fingerprint density at radius 2 is 1.93 bits per heavy atom.